The maximum absolute atomic E-state index is 12.4. The lowest BCUT2D eigenvalue weighted by molar-refractivity contribution is -0.126. The summed E-state index contributed by atoms with van der Waals surface area (Å²) in [6, 6.07) is 1.60. The molecule has 0 spiro atoms. The number of carbonyl (C=O) groups is 1. The van der Waals surface area contributed by atoms with Crippen LogP contribution in [0.25, 0.3) is 5.82 Å². The average Bonchev–Trinajstić information content (AvgIpc) is 3.32. The van der Waals surface area contributed by atoms with Gasteiger partial charge in [-0.15, -0.1) is 0 Å². The van der Waals surface area contributed by atoms with Crippen LogP contribution in [0.2, 0.25) is 0 Å². The molecule has 4 rings (SSSR count). The molecule has 0 radical (unpaired) electrons. The van der Waals surface area contributed by atoms with E-state index in [1.807, 2.05) is 6.07 Å². The first-order chi connectivity index (χ1) is 13.0. The third kappa shape index (κ3) is 4.07. The second-order valence-electron chi connectivity index (χ2n) is 6.94. The molecule has 1 atom stereocenters. The number of carbonyl (C=O) groups excluding carboxylic acids is 1. The molecule has 2 fully saturated rings. The number of hydrogen-bond donors (Lipinski definition) is 1. The standard InChI is InChI=1S/C16H21N7O3S/c24-16(21-13-3-6-27(25,26)8-13)12-1-4-22(5-2-12)14-7-15(19-10-18-14)23-11-17-9-20-23/h7,9-13H,1-6,8H2,(H,21,24). The van der Waals surface area contributed by atoms with E-state index in [2.05, 4.69) is 30.3 Å². The Balaban J connectivity index is 1.34. The van der Waals surface area contributed by atoms with Crippen LogP contribution in [0.5, 0.6) is 0 Å². The highest BCUT2D eigenvalue weighted by atomic mass is 32.2. The highest BCUT2D eigenvalue weighted by molar-refractivity contribution is 7.91. The van der Waals surface area contributed by atoms with Crippen LogP contribution >= 0.6 is 0 Å². The van der Waals surface area contributed by atoms with E-state index < -0.39 is 9.84 Å². The molecular formula is C16H21N7O3S. The minimum absolute atomic E-state index is 0.0391. The molecule has 10 nitrogen and oxygen atoms in total. The number of hydrogen-bond acceptors (Lipinski definition) is 8. The Morgan fingerprint density at radius 3 is 2.56 bits per heavy atom. The van der Waals surface area contributed by atoms with Gasteiger partial charge in [0.25, 0.3) is 0 Å². The van der Waals surface area contributed by atoms with E-state index in [1.165, 1.54) is 12.7 Å². The fraction of sp³-hybridized carbons (Fsp3) is 0.562. The average molecular weight is 391 g/mol. The monoisotopic (exact) mass is 391 g/mol. The van der Waals surface area contributed by atoms with E-state index in [0.717, 1.165) is 5.82 Å². The van der Waals surface area contributed by atoms with Crippen molar-refractivity contribution in [2.24, 2.45) is 5.92 Å². The van der Waals surface area contributed by atoms with Crippen molar-refractivity contribution >= 4 is 21.6 Å². The summed E-state index contributed by atoms with van der Waals surface area (Å²) in [5.41, 5.74) is 0. The molecule has 1 unspecified atom stereocenters. The fourth-order valence-corrected chi connectivity index (χ4v) is 5.23. The molecule has 11 heteroatoms. The van der Waals surface area contributed by atoms with Crippen LogP contribution in [0.3, 0.4) is 0 Å². The van der Waals surface area contributed by atoms with E-state index >= 15 is 0 Å². The highest BCUT2D eigenvalue weighted by Crippen LogP contribution is 2.23. The number of aromatic nitrogens is 5. The molecule has 2 aliphatic heterocycles. The number of anilines is 1. The molecule has 0 bridgehead atoms. The second-order valence-corrected chi connectivity index (χ2v) is 9.17. The molecule has 0 saturated carbocycles. The Kier molecular flexibility index (Phi) is 4.77. The lowest BCUT2D eigenvalue weighted by Crippen LogP contribution is -2.44. The minimum atomic E-state index is -2.99. The first-order valence-corrected chi connectivity index (χ1v) is 10.7. The Morgan fingerprint density at radius 2 is 1.89 bits per heavy atom. The van der Waals surface area contributed by atoms with Gasteiger partial charge >= 0.3 is 0 Å². The Labute approximate surface area is 156 Å². The van der Waals surface area contributed by atoms with Crippen molar-refractivity contribution in [1.29, 1.82) is 0 Å². The third-order valence-corrected chi connectivity index (χ3v) is 6.83. The van der Waals surface area contributed by atoms with Crippen LogP contribution in [0.15, 0.2) is 25.0 Å². The zero-order valence-electron chi connectivity index (χ0n) is 14.7. The molecule has 2 aromatic heterocycles. The summed E-state index contributed by atoms with van der Waals surface area (Å²) in [6.07, 6.45) is 6.43. The fourth-order valence-electron chi connectivity index (χ4n) is 3.56. The number of sulfone groups is 1. The lowest BCUT2D eigenvalue weighted by Gasteiger charge is -2.32. The highest BCUT2D eigenvalue weighted by Gasteiger charge is 2.32. The van der Waals surface area contributed by atoms with E-state index in [9.17, 15) is 13.2 Å². The van der Waals surface area contributed by atoms with Crippen LogP contribution < -0.4 is 10.2 Å². The molecule has 1 amide bonds. The van der Waals surface area contributed by atoms with Crippen LogP contribution in [0.1, 0.15) is 19.3 Å². The van der Waals surface area contributed by atoms with Crippen molar-refractivity contribution in [3.05, 3.63) is 25.0 Å². The number of rotatable bonds is 4. The van der Waals surface area contributed by atoms with E-state index in [-0.39, 0.29) is 29.4 Å². The molecule has 27 heavy (non-hydrogen) atoms. The summed E-state index contributed by atoms with van der Waals surface area (Å²) in [7, 11) is -2.99. The van der Waals surface area contributed by atoms with Crippen LogP contribution in [0, 0.1) is 5.92 Å². The predicted molar refractivity (Wildman–Crippen MR) is 97.1 cm³/mol. The maximum Gasteiger partial charge on any atom is 0.223 e. The molecular weight excluding hydrogens is 370 g/mol. The summed E-state index contributed by atoms with van der Waals surface area (Å²) >= 11 is 0. The molecule has 2 aliphatic rings. The van der Waals surface area contributed by atoms with Crippen molar-refractivity contribution < 1.29 is 13.2 Å². The van der Waals surface area contributed by atoms with Gasteiger partial charge in [0.15, 0.2) is 15.7 Å². The van der Waals surface area contributed by atoms with E-state index in [1.54, 1.807) is 11.0 Å². The maximum atomic E-state index is 12.4. The summed E-state index contributed by atoms with van der Waals surface area (Å²) < 4.78 is 24.6. The number of piperidine rings is 1. The Hall–Kier alpha value is -2.56. The number of nitrogens with zero attached hydrogens (tertiary/aromatic N) is 6. The van der Waals surface area contributed by atoms with Gasteiger partial charge in [-0.1, -0.05) is 0 Å². The van der Waals surface area contributed by atoms with Crippen molar-refractivity contribution in [3.8, 4) is 5.82 Å². The summed E-state index contributed by atoms with van der Waals surface area (Å²) in [6.45, 7) is 1.41. The van der Waals surface area contributed by atoms with Crippen molar-refractivity contribution in [1.82, 2.24) is 30.0 Å². The molecule has 2 aromatic rings. The van der Waals surface area contributed by atoms with Crippen LogP contribution in [0.4, 0.5) is 5.82 Å². The number of amides is 1. The lowest BCUT2D eigenvalue weighted by atomic mass is 9.95. The SMILES string of the molecule is O=C(NC1CCS(=O)(=O)C1)C1CCN(c2cc(-n3cncn3)ncn2)CC1. The van der Waals surface area contributed by atoms with Crippen LogP contribution in [-0.2, 0) is 14.6 Å². The first-order valence-electron chi connectivity index (χ1n) is 8.93. The van der Waals surface area contributed by atoms with Gasteiger partial charge in [-0.25, -0.2) is 28.1 Å². The zero-order valence-corrected chi connectivity index (χ0v) is 15.5. The Bertz CT molecular complexity index is 908. The van der Waals surface area contributed by atoms with E-state index in [4.69, 9.17) is 0 Å². The second kappa shape index (κ2) is 7.22. The van der Waals surface area contributed by atoms with Crippen molar-refractivity contribution in [3.63, 3.8) is 0 Å². The van der Waals surface area contributed by atoms with Crippen molar-refractivity contribution in [2.45, 2.75) is 25.3 Å². The third-order valence-electron chi connectivity index (χ3n) is 5.06. The predicted octanol–water partition coefficient (Wildman–Crippen LogP) is -0.423. The quantitative estimate of drug-likeness (QED) is 0.745. The molecule has 0 aromatic carbocycles. The summed E-state index contributed by atoms with van der Waals surface area (Å²) in [5, 5.41) is 6.97. The van der Waals surface area contributed by atoms with Crippen LogP contribution in [-0.4, -0.2) is 69.7 Å². The largest absolute Gasteiger partial charge is 0.356 e. The number of nitrogens with one attached hydrogen (secondary N) is 1. The molecule has 1 N–H and O–H groups in total. The summed E-state index contributed by atoms with van der Waals surface area (Å²) in [4.78, 5) is 27.0. The molecule has 4 heterocycles. The Morgan fingerprint density at radius 1 is 1.11 bits per heavy atom. The van der Waals surface area contributed by atoms with Gasteiger partial charge in [0.1, 0.15) is 24.8 Å². The topological polar surface area (TPSA) is 123 Å². The van der Waals surface area contributed by atoms with Crippen molar-refractivity contribution in [2.75, 3.05) is 29.5 Å². The summed E-state index contributed by atoms with van der Waals surface area (Å²) in [5.74, 6) is 1.52. The zero-order chi connectivity index (χ0) is 18.9. The van der Waals surface area contributed by atoms with Gasteiger partial charge in [0.05, 0.1) is 11.5 Å². The smallest absolute Gasteiger partial charge is 0.223 e. The van der Waals surface area contributed by atoms with Gasteiger partial charge in [-0.05, 0) is 19.3 Å². The minimum Gasteiger partial charge on any atom is -0.356 e. The molecule has 144 valence electrons. The van der Waals surface area contributed by atoms with Gasteiger partial charge in [0.2, 0.25) is 5.91 Å². The molecule has 2 saturated heterocycles. The van der Waals surface area contributed by atoms with E-state index in [0.29, 0.717) is 38.2 Å². The van der Waals surface area contributed by atoms with Gasteiger partial charge in [-0.3, -0.25) is 4.79 Å². The molecule has 0 aliphatic carbocycles. The van der Waals surface area contributed by atoms with Gasteiger partial charge in [0, 0.05) is 31.1 Å². The van der Waals surface area contributed by atoms with Gasteiger partial charge in [-0.2, -0.15) is 5.10 Å². The first kappa shape index (κ1) is 17.8. The normalized spacial score (nSPS) is 22.7. The van der Waals surface area contributed by atoms with Gasteiger partial charge < -0.3 is 10.2 Å².